The lowest BCUT2D eigenvalue weighted by Crippen LogP contribution is -2.55. The number of nitrogens with two attached hydrogens (primary N) is 1. The Balaban J connectivity index is 1.72. The van der Waals surface area contributed by atoms with Crippen molar-refractivity contribution in [2.45, 2.75) is 63.2 Å². The molecule has 2 unspecified atom stereocenters. The van der Waals surface area contributed by atoms with E-state index in [1.807, 2.05) is 19.1 Å². The van der Waals surface area contributed by atoms with Crippen LogP contribution < -0.4 is 10.5 Å². The zero-order valence-corrected chi connectivity index (χ0v) is 22.7. The molecular weight excluding hydrogens is 487 g/mol. The van der Waals surface area contributed by atoms with Crippen LogP contribution in [0.3, 0.4) is 0 Å². The molecule has 0 radical (unpaired) electrons. The number of rotatable bonds is 10. The molecule has 1 aliphatic carbocycles. The molecular formula is C30H41FN2O5. The molecule has 1 heterocycles. The van der Waals surface area contributed by atoms with Crippen molar-refractivity contribution in [3.63, 3.8) is 0 Å². The van der Waals surface area contributed by atoms with Crippen LogP contribution in [0.1, 0.15) is 49.7 Å². The van der Waals surface area contributed by atoms with Gasteiger partial charge in [0.15, 0.2) is 0 Å². The molecule has 2 aromatic rings. The van der Waals surface area contributed by atoms with Crippen LogP contribution in [0.15, 0.2) is 36.4 Å². The third-order valence-electron chi connectivity index (χ3n) is 7.94. The van der Waals surface area contributed by atoms with Gasteiger partial charge in [0, 0.05) is 37.8 Å². The fraction of sp³-hybridized carbons (Fsp3) is 0.567. The lowest BCUT2D eigenvalue weighted by Gasteiger charge is -2.43. The first kappa shape index (κ1) is 28.5. The Labute approximate surface area is 225 Å². The summed E-state index contributed by atoms with van der Waals surface area (Å²) in [5.74, 6) is 0.145. The van der Waals surface area contributed by atoms with Crippen LogP contribution in [0, 0.1) is 18.7 Å². The molecule has 8 heteroatoms. The van der Waals surface area contributed by atoms with Crippen molar-refractivity contribution in [1.82, 2.24) is 4.90 Å². The molecule has 1 saturated heterocycles. The summed E-state index contributed by atoms with van der Waals surface area (Å²) in [6.45, 7) is 3.48. The number of nitrogens with zero attached hydrogens (tertiary/aromatic N) is 1. The molecule has 1 saturated carbocycles. The molecule has 7 nitrogen and oxygen atoms in total. The zero-order valence-electron chi connectivity index (χ0n) is 22.7. The van der Waals surface area contributed by atoms with Crippen LogP contribution in [-0.2, 0) is 19.9 Å². The Bertz CT molecular complexity index is 1110. The van der Waals surface area contributed by atoms with Crippen molar-refractivity contribution in [3.8, 4) is 16.9 Å². The van der Waals surface area contributed by atoms with Crippen molar-refractivity contribution in [2.24, 2.45) is 11.7 Å². The number of benzene rings is 2. The average molecular weight is 529 g/mol. The second-order valence-corrected chi connectivity index (χ2v) is 10.7. The normalized spacial score (nSPS) is 23.3. The smallest absolute Gasteiger partial charge is 0.225 e. The van der Waals surface area contributed by atoms with Crippen LogP contribution in [0.5, 0.6) is 5.75 Å². The highest BCUT2D eigenvalue weighted by Crippen LogP contribution is 2.42. The molecule has 2 fully saturated rings. The van der Waals surface area contributed by atoms with Gasteiger partial charge in [-0.05, 0) is 80.3 Å². The number of methoxy groups -OCH3 is 2. The van der Waals surface area contributed by atoms with Gasteiger partial charge in [-0.2, -0.15) is 0 Å². The summed E-state index contributed by atoms with van der Waals surface area (Å²) < 4.78 is 32.4. The number of unbranched alkanes of at least 4 members (excludes halogenated alkanes) is 1. The molecule has 3 N–H and O–H groups in total. The van der Waals surface area contributed by atoms with Gasteiger partial charge in [-0.25, -0.2) is 4.39 Å². The van der Waals surface area contributed by atoms with Gasteiger partial charge in [-0.3, -0.25) is 4.79 Å². The number of ether oxygens (including phenoxy) is 3. The van der Waals surface area contributed by atoms with Crippen molar-refractivity contribution in [2.75, 3.05) is 40.5 Å². The maximum Gasteiger partial charge on any atom is 0.225 e. The van der Waals surface area contributed by atoms with Crippen LogP contribution in [0.4, 0.5) is 4.39 Å². The number of halogens is 1. The van der Waals surface area contributed by atoms with E-state index in [0.29, 0.717) is 61.5 Å². The fourth-order valence-electron chi connectivity index (χ4n) is 5.94. The zero-order chi connectivity index (χ0) is 27.3. The van der Waals surface area contributed by atoms with E-state index in [1.54, 1.807) is 37.3 Å². The fourth-order valence-corrected chi connectivity index (χ4v) is 5.94. The van der Waals surface area contributed by atoms with E-state index in [9.17, 15) is 9.90 Å². The Morgan fingerprint density at radius 2 is 2.05 bits per heavy atom. The van der Waals surface area contributed by atoms with Gasteiger partial charge in [0.05, 0.1) is 20.3 Å². The second kappa shape index (κ2) is 12.6. The molecule has 2 aromatic carbocycles. The molecule has 208 valence electrons. The molecule has 1 aliphatic heterocycles. The molecule has 4 rings (SSSR count). The maximum atomic E-state index is 15.6. The highest BCUT2D eigenvalue weighted by atomic mass is 19.1. The summed E-state index contributed by atoms with van der Waals surface area (Å²) in [7, 11) is 3.22. The van der Waals surface area contributed by atoms with E-state index in [-0.39, 0.29) is 24.4 Å². The SMILES string of the molecule is COCCCCC(O)(c1cccc(F)c1-c1cc(C)cc(OC)c1)C1CN(C(=O)[C@@H]2CC[C@H](N)C2)CCO1. The summed E-state index contributed by atoms with van der Waals surface area (Å²) in [4.78, 5) is 15.1. The van der Waals surface area contributed by atoms with Gasteiger partial charge in [0.2, 0.25) is 5.91 Å². The second-order valence-electron chi connectivity index (χ2n) is 10.7. The minimum atomic E-state index is -1.53. The largest absolute Gasteiger partial charge is 0.497 e. The van der Waals surface area contributed by atoms with Crippen molar-refractivity contribution in [1.29, 1.82) is 0 Å². The first-order chi connectivity index (χ1) is 18.3. The number of carbonyl (C=O) groups excluding carboxylic acids is 1. The summed E-state index contributed by atoms with van der Waals surface area (Å²) in [5, 5.41) is 12.5. The number of aryl methyl sites for hydroxylation is 1. The number of amides is 1. The average Bonchev–Trinajstić information content (AvgIpc) is 3.36. The van der Waals surface area contributed by atoms with Crippen LogP contribution >= 0.6 is 0 Å². The van der Waals surface area contributed by atoms with E-state index in [1.165, 1.54) is 6.07 Å². The van der Waals surface area contributed by atoms with Crippen molar-refractivity contribution >= 4 is 5.91 Å². The topological polar surface area (TPSA) is 94.2 Å². The molecule has 38 heavy (non-hydrogen) atoms. The predicted molar refractivity (Wildman–Crippen MR) is 144 cm³/mol. The van der Waals surface area contributed by atoms with Crippen molar-refractivity contribution in [3.05, 3.63) is 53.3 Å². The monoisotopic (exact) mass is 528 g/mol. The van der Waals surface area contributed by atoms with Crippen LogP contribution in [0.25, 0.3) is 11.1 Å². The Kier molecular flexibility index (Phi) is 9.41. The summed E-state index contributed by atoms with van der Waals surface area (Å²) in [5.41, 5.74) is 6.84. The Morgan fingerprint density at radius 3 is 2.76 bits per heavy atom. The summed E-state index contributed by atoms with van der Waals surface area (Å²) >= 11 is 0. The highest BCUT2D eigenvalue weighted by Gasteiger charge is 2.45. The van der Waals surface area contributed by atoms with E-state index in [0.717, 1.165) is 24.8 Å². The minimum Gasteiger partial charge on any atom is -0.497 e. The van der Waals surface area contributed by atoms with E-state index in [2.05, 4.69) is 0 Å². The van der Waals surface area contributed by atoms with E-state index >= 15 is 4.39 Å². The number of hydrogen-bond donors (Lipinski definition) is 2. The molecule has 0 spiro atoms. The lowest BCUT2D eigenvalue weighted by molar-refractivity contribution is -0.167. The van der Waals surface area contributed by atoms with Crippen molar-refractivity contribution < 1.29 is 28.5 Å². The summed E-state index contributed by atoms with van der Waals surface area (Å²) in [6, 6.07) is 10.4. The van der Waals surface area contributed by atoms with Gasteiger partial charge >= 0.3 is 0 Å². The van der Waals surface area contributed by atoms with Gasteiger partial charge in [-0.15, -0.1) is 0 Å². The molecule has 4 atom stereocenters. The minimum absolute atomic E-state index is 0.0553. The number of aliphatic hydroxyl groups is 1. The Hall–Kier alpha value is -2.52. The standard InChI is InChI=1S/C30H41FN2O5/c1-20-15-22(18-24(16-20)37-3)28-25(7-6-8-26(28)31)30(35,11-4-5-13-36-2)27-19-33(12-14-38-27)29(34)21-9-10-23(32)17-21/h6-8,15-16,18,21,23,27,35H,4-5,9-14,17,19,32H2,1-3H3/t21-,23+,27?,30?/m1/s1. The quantitative estimate of drug-likeness (QED) is 0.450. The molecule has 2 aliphatic rings. The van der Waals surface area contributed by atoms with Gasteiger partial charge in [-0.1, -0.05) is 18.2 Å². The van der Waals surface area contributed by atoms with E-state index < -0.39 is 17.5 Å². The molecule has 0 aromatic heterocycles. The van der Waals surface area contributed by atoms with Gasteiger partial charge < -0.3 is 30.0 Å². The molecule has 0 bridgehead atoms. The number of morpholine rings is 1. The Morgan fingerprint density at radius 1 is 1.24 bits per heavy atom. The third-order valence-corrected chi connectivity index (χ3v) is 7.94. The first-order valence-electron chi connectivity index (χ1n) is 13.6. The lowest BCUT2D eigenvalue weighted by atomic mass is 9.78. The van der Waals surface area contributed by atoms with E-state index in [4.69, 9.17) is 19.9 Å². The van der Waals surface area contributed by atoms with Gasteiger partial charge in [0.1, 0.15) is 23.3 Å². The third kappa shape index (κ3) is 6.20. The summed E-state index contributed by atoms with van der Waals surface area (Å²) in [6.07, 6.45) is 3.30. The maximum absolute atomic E-state index is 15.6. The van der Waals surface area contributed by atoms with Crippen LogP contribution in [-0.4, -0.2) is 68.6 Å². The first-order valence-corrected chi connectivity index (χ1v) is 13.6. The van der Waals surface area contributed by atoms with Crippen LogP contribution in [0.2, 0.25) is 0 Å². The highest BCUT2D eigenvalue weighted by molar-refractivity contribution is 5.79. The number of hydrogen-bond acceptors (Lipinski definition) is 6. The molecule has 1 amide bonds. The number of carbonyl (C=O) groups is 1. The van der Waals surface area contributed by atoms with Gasteiger partial charge in [0.25, 0.3) is 0 Å². The predicted octanol–water partition coefficient (Wildman–Crippen LogP) is 4.17.